The second-order valence-corrected chi connectivity index (χ2v) is 6.83. The second-order valence-electron chi connectivity index (χ2n) is 5.10. The van der Waals surface area contributed by atoms with Gasteiger partial charge in [-0.3, -0.25) is 0 Å². The Kier molecular flexibility index (Phi) is 5.88. The predicted octanol–water partition coefficient (Wildman–Crippen LogP) is 3.79. The zero-order valence-corrected chi connectivity index (χ0v) is 15.9. The van der Waals surface area contributed by atoms with Crippen molar-refractivity contribution in [1.82, 2.24) is 5.32 Å². The van der Waals surface area contributed by atoms with Gasteiger partial charge < -0.3 is 0 Å². The Bertz CT molecular complexity index is 752. The number of amides is 1. The van der Waals surface area contributed by atoms with Crippen LogP contribution in [-0.2, 0) is 0 Å². The first kappa shape index (κ1) is 17.4. The molecule has 0 unspecified atom stereocenters. The molecule has 6 radical (unpaired) electrons. The van der Waals surface area contributed by atoms with Crippen LogP contribution in [0.3, 0.4) is 0 Å². The normalized spacial score (nSPS) is 15.5. The molecular formula is C19H13BrN2OSe. The van der Waals surface area contributed by atoms with Gasteiger partial charge in [0, 0.05) is 0 Å². The van der Waals surface area contributed by atoms with E-state index >= 15 is 0 Å². The van der Waals surface area contributed by atoms with Crippen LogP contribution in [0, 0.1) is 31.6 Å². The van der Waals surface area contributed by atoms with E-state index in [9.17, 15) is 4.79 Å². The van der Waals surface area contributed by atoms with E-state index < -0.39 is 0 Å². The molecule has 0 atom stereocenters. The van der Waals surface area contributed by atoms with Gasteiger partial charge in [-0.25, -0.2) is 0 Å². The first-order valence-corrected chi connectivity index (χ1v) is 8.91. The van der Waals surface area contributed by atoms with Crippen LogP contribution >= 0.6 is 15.9 Å². The molecule has 3 nitrogen and oxygen atoms in total. The van der Waals surface area contributed by atoms with E-state index in [1.165, 1.54) is 5.92 Å². The van der Waals surface area contributed by atoms with Crippen LogP contribution in [0.15, 0.2) is 58.0 Å². The molecule has 1 fully saturated rings. The summed E-state index contributed by atoms with van der Waals surface area (Å²) in [5.41, 5.74) is 2.48. The van der Waals surface area contributed by atoms with Crippen LogP contribution in [0.2, 0.25) is 0 Å². The third kappa shape index (κ3) is 4.56. The third-order valence-electron chi connectivity index (χ3n) is 3.40. The van der Waals surface area contributed by atoms with Crippen molar-refractivity contribution in [3.63, 3.8) is 0 Å². The molecule has 1 aliphatic carbocycles. The summed E-state index contributed by atoms with van der Waals surface area (Å²) in [7, 11) is 0. The average molecular weight is 444 g/mol. The van der Waals surface area contributed by atoms with Gasteiger partial charge in [0.2, 0.25) is 0 Å². The number of carbonyl (C=O) groups is 1. The molecule has 0 spiro atoms. The Morgan fingerprint density at radius 2 is 1.75 bits per heavy atom. The summed E-state index contributed by atoms with van der Waals surface area (Å²) < 4.78 is 1.29. The third-order valence-corrected chi connectivity index (χ3v) is 4.30. The molecule has 5 heteroatoms. The molecule has 0 saturated heterocycles. The fourth-order valence-corrected chi connectivity index (χ4v) is 3.05. The zero-order chi connectivity index (χ0) is 16.9. The topological polar surface area (TPSA) is 41.5 Å². The first-order valence-electron chi connectivity index (χ1n) is 7.26. The molecule has 1 N–H and O–H groups in total. The standard InChI is InChI=1S/C19H13BrN2OSe/c20-16-7-3-6-15(12-16)18(23)22-19(24)21-17-10-8-14(9-11-17)13-4-1-2-5-13/h1-12H,(H,21,22,23). The average Bonchev–Trinajstić information content (AvgIpc) is 3.10. The summed E-state index contributed by atoms with van der Waals surface area (Å²) in [6, 6.07) is 15.1. The number of carbonyl (C=O) groups excluding carboxylic acids is 1. The van der Waals surface area contributed by atoms with Gasteiger partial charge in [-0.05, 0) is 0 Å². The van der Waals surface area contributed by atoms with Crippen LogP contribution in [-0.4, -0.2) is 26.7 Å². The van der Waals surface area contributed by atoms with Gasteiger partial charge in [0.15, 0.2) is 0 Å². The monoisotopic (exact) mass is 444 g/mol. The zero-order valence-electron chi connectivity index (χ0n) is 12.6. The van der Waals surface area contributed by atoms with Crippen molar-refractivity contribution in [3.8, 4) is 0 Å². The molecule has 3 rings (SSSR count). The minimum absolute atomic E-state index is 0.206. The van der Waals surface area contributed by atoms with Gasteiger partial charge in [-0.15, -0.1) is 0 Å². The van der Waals surface area contributed by atoms with Gasteiger partial charge >= 0.3 is 159 Å². The van der Waals surface area contributed by atoms with Gasteiger partial charge in [-0.2, -0.15) is 0 Å². The van der Waals surface area contributed by atoms with Gasteiger partial charge in [-0.1, -0.05) is 0 Å². The van der Waals surface area contributed by atoms with Crippen molar-refractivity contribution >= 4 is 48.3 Å². The molecule has 1 saturated carbocycles. The fourth-order valence-electron chi connectivity index (χ4n) is 2.24. The van der Waals surface area contributed by atoms with Crippen molar-refractivity contribution in [2.45, 2.75) is 0 Å². The number of benzene rings is 2. The van der Waals surface area contributed by atoms with E-state index in [-0.39, 0.29) is 5.91 Å². The van der Waals surface area contributed by atoms with Crippen LogP contribution in [0.25, 0.3) is 0 Å². The van der Waals surface area contributed by atoms with Crippen LogP contribution in [0.5, 0.6) is 0 Å². The van der Waals surface area contributed by atoms with Crippen molar-refractivity contribution in [2.24, 2.45) is 4.99 Å². The van der Waals surface area contributed by atoms with Gasteiger partial charge in [0.25, 0.3) is 0 Å². The maximum atomic E-state index is 12.2. The number of aliphatic imine (C=N–C) groups is 1. The second kappa shape index (κ2) is 8.11. The molecule has 24 heavy (non-hydrogen) atoms. The number of nitrogens with one attached hydrogen (secondary N) is 1. The Morgan fingerprint density at radius 3 is 2.42 bits per heavy atom. The Morgan fingerprint density at radius 1 is 1.04 bits per heavy atom. The predicted molar refractivity (Wildman–Crippen MR) is 100 cm³/mol. The summed E-state index contributed by atoms with van der Waals surface area (Å²) in [6.45, 7) is 0. The fraction of sp³-hybridized carbons (Fsp3) is 0. The van der Waals surface area contributed by atoms with Gasteiger partial charge in [0.05, 0.1) is 0 Å². The van der Waals surface area contributed by atoms with Crippen molar-refractivity contribution in [2.75, 3.05) is 0 Å². The number of hydrogen-bond donors (Lipinski definition) is 1. The maximum absolute atomic E-state index is 12.2. The minimum atomic E-state index is -0.206. The van der Waals surface area contributed by atoms with Gasteiger partial charge in [0.1, 0.15) is 0 Å². The van der Waals surface area contributed by atoms with E-state index in [1.54, 1.807) is 12.1 Å². The number of nitrogens with zero attached hydrogens (tertiary/aromatic N) is 1. The molecule has 2 aromatic rings. The summed E-state index contributed by atoms with van der Waals surface area (Å²) in [5.74, 6) is 0.971. The molecule has 0 aromatic heterocycles. The molecule has 0 bridgehead atoms. The number of halogens is 1. The van der Waals surface area contributed by atoms with Crippen LogP contribution < -0.4 is 5.32 Å². The van der Waals surface area contributed by atoms with Crippen molar-refractivity contribution in [1.29, 1.82) is 0 Å². The summed E-state index contributed by atoms with van der Waals surface area (Å²) >= 11 is 6.14. The molecular weight excluding hydrogens is 431 g/mol. The van der Waals surface area contributed by atoms with E-state index in [4.69, 9.17) is 0 Å². The quantitative estimate of drug-likeness (QED) is 0.437. The Balaban J connectivity index is 1.65. The van der Waals surface area contributed by atoms with Crippen molar-refractivity contribution < 1.29 is 4.79 Å². The van der Waals surface area contributed by atoms with E-state index in [0.29, 0.717) is 10.3 Å². The molecule has 1 aliphatic rings. The molecule has 0 aliphatic heterocycles. The summed E-state index contributed by atoms with van der Waals surface area (Å²) in [5, 5.41) is 2.75. The first-order chi connectivity index (χ1) is 11.6. The summed E-state index contributed by atoms with van der Waals surface area (Å²) in [6.07, 6.45) is 8.15. The Labute approximate surface area is 158 Å². The number of hydrogen-bond acceptors (Lipinski definition) is 2. The molecule has 1 amide bonds. The molecule has 2 aromatic carbocycles. The van der Waals surface area contributed by atoms with Crippen LogP contribution in [0.1, 0.15) is 15.9 Å². The van der Waals surface area contributed by atoms with Crippen LogP contribution in [0.4, 0.5) is 5.69 Å². The van der Waals surface area contributed by atoms with E-state index in [1.807, 2.05) is 49.2 Å². The summed E-state index contributed by atoms with van der Waals surface area (Å²) in [4.78, 5) is 16.6. The molecule has 0 heterocycles. The SMILES string of the molecule is O=C(NC([Se])=Nc1ccc([C]2[CH][CH][CH][CH]2)cc1)c1cccc(Br)c1. The molecule has 118 valence electrons. The number of amidine groups is 1. The van der Waals surface area contributed by atoms with Crippen molar-refractivity contribution in [3.05, 3.63) is 95.7 Å². The van der Waals surface area contributed by atoms with E-state index in [2.05, 4.69) is 55.1 Å². The number of rotatable bonds is 3. The Hall–Kier alpha value is -1.42. The van der Waals surface area contributed by atoms with E-state index in [0.717, 1.165) is 15.7 Å².